The smallest absolute Gasteiger partial charge is 0.340 e. The van der Waals surface area contributed by atoms with Crippen LogP contribution in [0.3, 0.4) is 0 Å². The van der Waals surface area contributed by atoms with Crippen molar-refractivity contribution < 1.29 is 21.4 Å². The summed E-state index contributed by atoms with van der Waals surface area (Å²) in [6.45, 7) is 0. The summed E-state index contributed by atoms with van der Waals surface area (Å²) in [4.78, 5) is 1.82. The van der Waals surface area contributed by atoms with E-state index in [4.69, 9.17) is 0 Å². The Hall–Kier alpha value is -1.24. The lowest BCUT2D eigenvalue weighted by molar-refractivity contribution is 0.388. The number of rotatable bonds is 2. The van der Waals surface area contributed by atoms with Crippen molar-refractivity contribution in [1.29, 1.82) is 0 Å². The Kier molecular flexibility index (Phi) is 2.46. The first-order valence-corrected chi connectivity index (χ1v) is 4.48. The fourth-order valence-electron chi connectivity index (χ4n) is 0.788. The van der Waals surface area contributed by atoms with Gasteiger partial charge in [0.05, 0.1) is 7.11 Å². The van der Waals surface area contributed by atoms with E-state index < -0.39 is 26.8 Å². The van der Waals surface area contributed by atoms with Crippen LogP contribution in [-0.4, -0.2) is 20.5 Å². The Bertz CT molecular complexity index is 418. The van der Waals surface area contributed by atoms with E-state index >= 15 is 0 Å². The van der Waals surface area contributed by atoms with Crippen molar-refractivity contribution in [2.24, 2.45) is 0 Å². The summed E-state index contributed by atoms with van der Waals surface area (Å²) < 4.78 is 50.4. The molecule has 0 atom stereocenters. The van der Waals surface area contributed by atoms with Gasteiger partial charge in [0.25, 0.3) is 0 Å². The van der Waals surface area contributed by atoms with Gasteiger partial charge in [-0.25, -0.2) is 4.98 Å². The number of pyridine rings is 1. The molecule has 72 valence electrons. The van der Waals surface area contributed by atoms with Crippen molar-refractivity contribution in [1.82, 2.24) is 4.98 Å². The van der Waals surface area contributed by atoms with Gasteiger partial charge in [-0.15, -0.1) is 3.89 Å². The number of halogens is 2. The number of ether oxygens (including phenoxy) is 1. The largest absolute Gasteiger partial charge is 0.495 e. The van der Waals surface area contributed by atoms with E-state index in [1.807, 2.05) is 0 Å². The lowest BCUT2D eigenvalue weighted by Crippen LogP contribution is -2.02. The first-order chi connectivity index (χ1) is 5.96. The van der Waals surface area contributed by atoms with Crippen molar-refractivity contribution >= 4 is 10.2 Å². The minimum absolute atomic E-state index is 0.407. The molecule has 0 N–H and O–H groups in total. The van der Waals surface area contributed by atoms with E-state index in [2.05, 4.69) is 9.72 Å². The Labute approximate surface area is 73.4 Å². The molecule has 1 rings (SSSR count). The molecule has 0 aliphatic rings. The van der Waals surface area contributed by atoms with Gasteiger partial charge < -0.3 is 4.74 Å². The van der Waals surface area contributed by atoms with Crippen LogP contribution in [0, 0.1) is 5.95 Å². The molecule has 0 aromatic carbocycles. The van der Waals surface area contributed by atoms with E-state index in [1.54, 1.807) is 0 Å². The maximum absolute atomic E-state index is 12.7. The summed E-state index contributed by atoms with van der Waals surface area (Å²) in [7, 11) is -4.04. The lowest BCUT2D eigenvalue weighted by Gasteiger charge is -2.03. The number of nitrogens with zero attached hydrogens (tertiary/aromatic N) is 1. The first-order valence-electron chi connectivity index (χ1n) is 3.10. The molecule has 0 spiro atoms. The molecule has 4 nitrogen and oxygen atoms in total. The predicted molar refractivity (Wildman–Crippen MR) is 39.0 cm³/mol. The third-order valence-corrected chi connectivity index (χ3v) is 2.15. The van der Waals surface area contributed by atoms with E-state index in [9.17, 15) is 16.7 Å². The van der Waals surface area contributed by atoms with Crippen molar-refractivity contribution in [2.75, 3.05) is 7.11 Å². The number of hydrogen-bond donors (Lipinski definition) is 0. The van der Waals surface area contributed by atoms with Crippen LogP contribution < -0.4 is 4.74 Å². The molecular weight excluding hydrogens is 204 g/mol. The quantitative estimate of drug-likeness (QED) is 0.536. The zero-order valence-electron chi connectivity index (χ0n) is 6.49. The van der Waals surface area contributed by atoms with Gasteiger partial charge in [0.2, 0.25) is 5.95 Å². The molecule has 0 fully saturated rings. The predicted octanol–water partition coefficient (Wildman–Crippen LogP) is 0.888. The summed E-state index contributed by atoms with van der Waals surface area (Å²) in [6.07, 6.45) is 0.975. The highest BCUT2D eigenvalue weighted by atomic mass is 32.3. The van der Waals surface area contributed by atoms with Crippen LogP contribution in [0.15, 0.2) is 17.2 Å². The van der Waals surface area contributed by atoms with Gasteiger partial charge in [-0.05, 0) is 0 Å². The van der Waals surface area contributed by atoms with Gasteiger partial charge in [0.1, 0.15) is 5.75 Å². The van der Waals surface area contributed by atoms with Crippen molar-refractivity contribution in [3.05, 3.63) is 18.2 Å². The molecule has 0 aliphatic carbocycles. The summed E-state index contributed by atoms with van der Waals surface area (Å²) >= 11 is 0. The third kappa shape index (κ3) is 1.92. The minimum Gasteiger partial charge on any atom is -0.495 e. The van der Waals surface area contributed by atoms with E-state index in [0.29, 0.717) is 0 Å². The van der Waals surface area contributed by atoms with Crippen LogP contribution >= 0.6 is 0 Å². The second-order valence-corrected chi connectivity index (χ2v) is 3.35. The first kappa shape index (κ1) is 9.85. The summed E-state index contributed by atoms with van der Waals surface area (Å²) in [6, 6.07) is 1.05. The van der Waals surface area contributed by atoms with Gasteiger partial charge >= 0.3 is 10.2 Å². The summed E-state index contributed by atoms with van der Waals surface area (Å²) in [5.41, 5.74) is 0. The number of methoxy groups -OCH3 is 1. The van der Waals surface area contributed by atoms with Crippen LogP contribution in [0.25, 0.3) is 0 Å². The fourth-order valence-corrected chi connectivity index (χ4v) is 1.43. The SMILES string of the molecule is COc1ccnc(F)c1S(=O)(=O)F. The van der Waals surface area contributed by atoms with Crippen molar-refractivity contribution in [3.8, 4) is 5.75 Å². The zero-order valence-corrected chi connectivity index (χ0v) is 7.31. The molecule has 0 amide bonds. The molecule has 13 heavy (non-hydrogen) atoms. The van der Waals surface area contributed by atoms with Gasteiger partial charge in [0, 0.05) is 12.3 Å². The molecule has 1 heterocycles. The highest BCUT2D eigenvalue weighted by Gasteiger charge is 2.24. The topological polar surface area (TPSA) is 56.3 Å². The monoisotopic (exact) mass is 209 g/mol. The maximum Gasteiger partial charge on any atom is 0.340 e. The molecule has 0 saturated carbocycles. The van der Waals surface area contributed by atoms with Gasteiger partial charge in [0.15, 0.2) is 4.90 Å². The highest BCUT2D eigenvalue weighted by molar-refractivity contribution is 7.86. The van der Waals surface area contributed by atoms with Crippen LogP contribution in [0.4, 0.5) is 8.28 Å². The van der Waals surface area contributed by atoms with Crippen molar-refractivity contribution in [3.63, 3.8) is 0 Å². The Balaban J connectivity index is 3.50. The van der Waals surface area contributed by atoms with Crippen LogP contribution in [-0.2, 0) is 10.2 Å². The van der Waals surface area contributed by atoms with Crippen LogP contribution in [0.2, 0.25) is 0 Å². The normalized spacial score (nSPS) is 11.3. The molecule has 0 radical (unpaired) electrons. The molecule has 7 heteroatoms. The summed E-state index contributed by atoms with van der Waals surface area (Å²) in [5.74, 6) is -1.82. The molecule has 0 aliphatic heterocycles. The van der Waals surface area contributed by atoms with E-state index in [1.165, 1.54) is 0 Å². The highest BCUT2D eigenvalue weighted by Crippen LogP contribution is 2.26. The molecular formula is C6H5F2NO3S. The van der Waals surface area contributed by atoms with Crippen molar-refractivity contribution in [2.45, 2.75) is 4.90 Å². The lowest BCUT2D eigenvalue weighted by atomic mass is 10.4. The number of aromatic nitrogens is 1. The molecule has 0 bridgehead atoms. The zero-order chi connectivity index (χ0) is 10.1. The van der Waals surface area contributed by atoms with Gasteiger partial charge in [-0.2, -0.15) is 12.8 Å². The molecule has 0 saturated heterocycles. The number of hydrogen-bond acceptors (Lipinski definition) is 4. The van der Waals surface area contributed by atoms with Crippen LogP contribution in [0.5, 0.6) is 5.75 Å². The van der Waals surface area contributed by atoms with Gasteiger partial charge in [-0.1, -0.05) is 0 Å². The molecule has 0 unspecified atom stereocenters. The third-order valence-electron chi connectivity index (χ3n) is 1.29. The average molecular weight is 209 g/mol. The second-order valence-electron chi connectivity index (χ2n) is 2.07. The van der Waals surface area contributed by atoms with E-state index in [0.717, 1.165) is 19.4 Å². The fraction of sp³-hybridized carbons (Fsp3) is 0.167. The van der Waals surface area contributed by atoms with E-state index in [-0.39, 0.29) is 0 Å². The molecule has 1 aromatic rings. The Morgan fingerprint density at radius 2 is 2.15 bits per heavy atom. The Morgan fingerprint density at radius 3 is 2.54 bits per heavy atom. The summed E-state index contributed by atoms with van der Waals surface area (Å²) in [5, 5.41) is 0. The van der Waals surface area contributed by atoms with Crippen LogP contribution in [0.1, 0.15) is 0 Å². The maximum atomic E-state index is 12.7. The standard InChI is InChI=1S/C6H5F2NO3S/c1-12-4-2-3-9-6(7)5(4)13(8,10)11/h2-3H,1H3. The minimum atomic E-state index is -5.14. The average Bonchev–Trinajstić information content (AvgIpc) is 2.01. The Morgan fingerprint density at radius 1 is 1.54 bits per heavy atom. The second kappa shape index (κ2) is 3.25. The van der Waals surface area contributed by atoms with Gasteiger partial charge in [-0.3, -0.25) is 0 Å². The molecule has 1 aromatic heterocycles.